The number of Topliss-reactive ketones (excluding diaryl/α,β-unsaturated/α-hetero) is 1. The molecule has 0 bridgehead atoms. The average Bonchev–Trinajstić information content (AvgIpc) is 2.79. The van der Waals surface area contributed by atoms with E-state index in [2.05, 4.69) is 0 Å². The summed E-state index contributed by atoms with van der Waals surface area (Å²) in [6.45, 7) is 5.36. The summed E-state index contributed by atoms with van der Waals surface area (Å²) in [5.74, 6) is -0.741. The molecule has 0 N–H and O–H groups in total. The third kappa shape index (κ3) is 1.49. The summed E-state index contributed by atoms with van der Waals surface area (Å²) < 4.78 is 0. The maximum atomic E-state index is 12.3. The molecule has 4 heteroatoms. The fourth-order valence-corrected chi connectivity index (χ4v) is 3.06. The second-order valence-electron chi connectivity index (χ2n) is 5.90. The van der Waals surface area contributed by atoms with Crippen molar-refractivity contribution in [3.8, 4) is 0 Å². The van der Waals surface area contributed by atoms with Crippen LogP contribution >= 0.6 is 0 Å². The Morgan fingerprint density at radius 1 is 1.16 bits per heavy atom. The normalized spacial score (nSPS) is 27.4. The smallest absolute Gasteiger partial charge is 0.238 e. The zero-order valence-electron chi connectivity index (χ0n) is 11.1. The Hall–Kier alpha value is -1.97. The van der Waals surface area contributed by atoms with Crippen molar-refractivity contribution in [2.75, 3.05) is 4.90 Å². The molecule has 1 saturated heterocycles. The van der Waals surface area contributed by atoms with Crippen LogP contribution in [0.4, 0.5) is 5.69 Å². The van der Waals surface area contributed by atoms with Gasteiger partial charge in [-0.1, -0.05) is 26.0 Å². The molecule has 1 aromatic rings. The van der Waals surface area contributed by atoms with Gasteiger partial charge in [0.25, 0.3) is 0 Å². The maximum Gasteiger partial charge on any atom is 0.238 e. The molecule has 4 nitrogen and oxygen atoms in total. The van der Waals surface area contributed by atoms with Gasteiger partial charge in [-0.2, -0.15) is 0 Å². The molecule has 0 radical (unpaired) electrons. The van der Waals surface area contributed by atoms with Crippen molar-refractivity contribution in [2.24, 2.45) is 17.3 Å². The summed E-state index contributed by atoms with van der Waals surface area (Å²) >= 11 is 0. The third-order valence-corrected chi connectivity index (χ3v) is 4.31. The van der Waals surface area contributed by atoms with Crippen LogP contribution in [0.5, 0.6) is 0 Å². The summed E-state index contributed by atoms with van der Waals surface area (Å²) in [6.07, 6.45) is 0. The molecule has 19 heavy (non-hydrogen) atoms. The van der Waals surface area contributed by atoms with Crippen LogP contribution in [0.25, 0.3) is 0 Å². The van der Waals surface area contributed by atoms with Gasteiger partial charge in [-0.15, -0.1) is 0 Å². The van der Waals surface area contributed by atoms with Gasteiger partial charge in [-0.3, -0.25) is 14.4 Å². The Labute approximate surface area is 111 Å². The lowest BCUT2D eigenvalue weighted by atomic mass is 10.0. The number of rotatable bonds is 2. The minimum Gasteiger partial charge on any atom is -0.295 e. The van der Waals surface area contributed by atoms with Crippen molar-refractivity contribution in [3.05, 3.63) is 29.8 Å². The Balaban J connectivity index is 1.97. The Bertz CT molecular complexity index is 594. The number of hydrogen-bond donors (Lipinski definition) is 0. The second-order valence-corrected chi connectivity index (χ2v) is 5.90. The van der Waals surface area contributed by atoms with E-state index in [9.17, 15) is 14.4 Å². The van der Waals surface area contributed by atoms with Gasteiger partial charge in [0, 0.05) is 5.56 Å². The SMILES string of the molecule is CC(=O)c1cccc(N2C(=O)[C@@H]3[C@@H](C2=O)C3(C)C)c1. The van der Waals surface area contributed by atoms with Crippen LogP contribution in [-0.4, -0.2) is 17.6 Å². The number of imide groups is 1. The lowest BCUT2D eigenvalue weighted by Crippen LogP contribution is -2.36. The zero-order valence-corrected chi connectivity index (χ0v) is 11.1. The van der Waals surface area contributed by atoms with Gasteiger partial charge < -0.3 is 0 Å². The predicted octanol–water partition coefficient (Wildman–Crippen LogP) is 2.03. The molecule has 2 fully saturated rings. The standard InChI is InChI=1S/C15H15NO3/c1-8(17)9-5-4-6-10(7-9)16-13(18)11-12(14(16)19)15(11,2)3/h4-7,11-12H,1-3H3/t11-,12-/m0/s1. The highest BCUT2D eigenvalue weighted by Crippen LogP contribution is 2.63. The van der Waals surface area contributed by atoms with Crippen molar-refractivity contribution in [2.45, 2.75) is 20.8 Å². The van der Waals surface area contributed by atoms with Crippen LogP contribution < -0.4 is 4.90 Å². The summed E-state index contributed by atoms with van der Waals surface area (Å²) in [5, 5.41) is 0. The minimum atomic E-state index is -0.206. The van der Waals surface area contributed by atoms with E-state index < -0.39 is 0 Å². The highest BCUT2D eigenvalue weighted by atomic mass is 16.2. The van der Waals surface area contributed by atoms with Gasteiger partial charge in [0.05, 0.1) is 17.5 Å². The molecule has 1 heterocycles. The van der Waals surface area contributed by atoms with Crippen LogP contribution in [0.3, 0.4) is 0 Å². The lowest BCUT2D eigenvalue weighted by molar-refractivity contribution is -0.125. The molecular weight excluding hydrogens is 242 g/mol. The third-order valence-electron chi connectivity index (χ3n) is 4.31. The molecule has 1 aromatic carbocycles. The molecule has 1 aliphatic heterocycles. The molecule has 0 unspecified atom stereocenters. The highest BCUT2D eigenvalue weighted by molar-refractivity contribution is 6.25. The quantitative estimate of drug-likeness (QED) is 0.601. The lowest BCUT2D eigenvalue weighted by Gasteiger charge is -2.20. The van der Waals surface area contributed by atoms with Crippen LogP contribution in [0.2, 0.25) is 0 Å². The van der Waals surface area contributed by atoms with E-state index in [0.29, 0.717) is 11.3 Å². The van der Waals surface area contributed by atoms with Crippen molar-refractivity contribution >= 4 is 23.3 Å². The zero-order chi connectivity index (χ0) is 13.9. The number of carbonyl (C=O) groups excluding carboxylic acids is 3. The van der Waals surface area contributed by atoms with Gasteiger partial charge in [0.2, 0.25) is 11.8 Å². The van der Waals surface area contributed by atoms with Crippen molar-refractivity contribution in [1.29, 1.82) is 0 Å². The molecule has 2 aliphatic rings. The first-order valence-electron chi connectivity index (χ1n) is 6.34. The first-order valence-corrected chi connectivity index (χ1v) is 6.34. The number of piperidine rings is 1. The van der Waals surface area contributed by atoms with E-state index in [-0.39, 0.29) is 34.8 Å². The van der Waals surface area contributed by atoms with Crippen molar-refractivity contribution in [1.82, 2.24) is 0 Å². The number of nitrogens with zero attached hydrogens (tertiary/aromatic N) is 1. The molecule has 98 valence electrons. The molecule has 1 aliphatic carbocycles. The largest absolute Gasteiger partial charge is 0.295 e. The van der Waals surface area contributed by atoms with Gasteiger partial charge in [0.1, 0.15) is 0 Å². The van der Waals surface area contributed by atoms with Gasteiger partial charge in [0.15, 0.2) is 5.78 Å². The predicted molar refractivity (Wildman–Crippen MR) is 69.7 cm³/mol. The minimum absolute atomic E-state index is 0.0774. The van der Waals surface area contributed by atoms with Crippen LogP contribution in [0.1, 0.15) is 31.1 Å². The molecule has 2 amide bonds. The van der Waals surface area contributed by atoms with E-state index in [1.165, 1.54) is 11.8 Å². The molecular formula is C15H15NO3. The number of amides is 2. The van der Waals surface area contributed by atoms with Crippen LogP contribution in [-0.2, 0) is 9.59 Å². The van der Waals surface area contributed by atoms with E-state index in [1.54, 1.807) is 24.3 Å². The van der Waals surface area contributed by atoms with Gasteiger partial charge in [-0.05, 0) is 24.5 Å². The summed E-state index contributed by atoms with van der Waals surface area (Å²) in [7, 11) is 0. The molecule has 1 saturated carbocycles. The molecule has 3 rings (SSSR count). The number of anilines is 1. The molecule has 2 atom stereocenters. The molecule has 0 aromatic heterocycles. The van der Waals surface area contributed by atoms with E-state index in [4.69, 9.17) is 0 Å². The number of carbonyl (C=O) groups is 3. The van der Waals surface area contributed by atoms with E-state index in [0.717, 1.165) is 0 Å². The first-order chi connectivity index (χ1) is 8.85. The van der Waals surface area contributed by atoms with E-state index >= 15 is 0 Å². The summed E-state index contributed by atoms with van der Waals surface area (Å²) in [5.41, 5.74) is 0.812. The number of ketones is 1. The number of hydrogen-bond acceptors (Lipinski definition) is 3. The monoisotopic (exact) mass is 257 g/mol. The first kappa shape index (κ1) is 12.1. The Morgan fingerprint density at radius 2 is 1.74 bits per heavy atom. The fraction of sp³-hybridized carbons (Fsp3) is 0.400. The summed E-state index contributed by atoms with van der Waals surface area (Å²) in [4.78, 5) is 37.1. The highest BCUT2D eigenvalue weighted by Gasteiger charge is 2.72. The topological polar surface area (TPSA) is 54.5 Å². The van der Waals surface area contributed by atoms with Gasteiger partial charge in [-0.25, -0.2) is 4.90 Å². The molecule has 0 spiro atoms. The van der Waals surface area contributed by atoms with E-state index in [1.807, 2.05) is 13.8 Å². The Morgan fingerprint density at radius 3 is 2.26 bits per heavy atom. The fourth-order valence-electron chi connectivity index (χ4n) is 3.06. The van der Waals surface area contributed by atoms with Crippen molar-refractivity contribution < 1.29 is 14.4 Å². The second kappa shape index (κ2) is 3.53. The van der Waals surface area contributed by atoms with Crippen molar-refractivity contribution in [3.63, 3.8) is 0 Å². The van der Waals surface area contributed by atoms with Crippen LogP contribution in [0.15, 0.2) is 24.3 Å². The number of fused-ring (bicyclic) bond motifs is 1. The summed E-state index contributed by atoms with van der Waals surface area (Å²) in [6, 6.07) is 6.68. The number of benzene rings is 1. The van der Waals surface area contributed by atoms with Gasteiger partial charge >= 0.3 is 0 Å². The average molecular weight is 257 g/mol. The van der Waals surface area contributed by atoms with Crippen LogP contribution in [0, 0.1) is 17.3 Å². The maximum absolute atomic E-state index is 12.3. The Kier molecular flexibility index (Phi) is 2.24.